The lowest BCUT2D eigenvalue weighted by Gasteiger charge is -2.15. The number of thioether (sulfide) groups is 1. The van der Waals surface area contributed by atoms with Crippen molar-refractivity contribution in [3.05, 3.63) is 11.1 Å². The first-order valence-corrected chi connectivity index (χ1v) is 8.03. The first-order valence-electron chi connectivity index (χ1n) is 6.16. The average molecular weight is 286 g/mol. The van der Waals surface area contributed by atoms with Gasteiger partial charge < -0.3 is 10.1 Å². The third kappa shape index (κ3) is 4.26. The number of carbonyl (C=O) groups excluding carboxylic acids is 1. The van der Waals surface area contributed by atoms with E-state index in [2.05, 4.69) is 10.3 Å². The van der Waals surface area contributed by atoms with E-state index in [-0.39, 0.29) is 12.0 Å². The van der Waals surface area contributed by atoms with Crippen molar-refractivity contribution < 1.29 is 9.53 Å². The SMILES string of the molecule is CCOC(=O)C(CSc1nc(C)cs1)NC1CC1. The fourth-order valence-corrected chi connectivity index (χ4v) is 3.41. The van der Waals surface area contributed by atoms with Crippen LogP contribution >= 0.6 is 23.1 Å². The van der Waals surface area contributed by atoms with Gasteiger partial charge in [-0.3, -0.25) is 4.79 Å². The highest BCUT2D eigenvalue weighted by atomic mass is 32.2. The van der Waals surface area contributed by atoms with Gasteiger partial charge in [0.2, 0.25) is 0 Å². The molecule has 1 N–H and O–H groups in total. The number of thiazole rings is 1. The summed E-state index contributed by atoms with van der Waals surface area (Å²) in [6, 6.07) is 0.282. The number of hydrogen-bond donors (Lipinski definition) is 1. The smallest absolute Gasteiger partial charge is 0.324 e. The molecular weight excluding hydrogens is 268 g/mol. The highest BCUT2D eigenvalue weighted by Gasteiger charge is 2.29. The maximum absolute atomic E-state index is 11.8. The van der Waals surface area contributed by atoms with Crippen molar-refractivity contribution >= 4 is 29.1 Å². The largest absolute Gasteiger partial charge is 0.465 e. The van der Waals surface area contributed by atoms with Gasteiger partial charge in [0.1, 0.15) is 10.4 Å². The van der Waals surface area contributed by atoms with Crippen LogP contribution in [0.25, 0.3) is 0 Å². The van der Waals surface area contributed by atoms with Gasteiger partial charge in [0.15, 0.2) is 0 Å². The molecule has 1 aliphatic rings. The summed E-state index contributed by atoms with van der Waals surface area (Å²) < 4.78 is 6.11. The van der Waals surface area contributed by atoms with E-state index in [1.807, 2.05) is 19.2 Å². The molecule has 1 aliphatic carbocycles. The van der Waals surface area contributed by atoms with Crippen molar-refractivity contribution in [3.63, 3.8) is 0 Å². The van der Waals surface area contributed by atoms with Crippen LogP contribution in [0.2, 0.25) is 0 Å². The summed E-state index contributed by atoms with van der Waals surface area (Å²) >= 11 is 3.24. The van der Waals surface area contributed by atoms with Crippen LogP contribution in [0.15, 0.2) is 9.72 Å². The summed E-state index contributed by atoms with van der Waals surface area (Å²) in [6.45, 7) is 4.25. The average Bonchev–Trinajstić information content (AvgIpc) is 3.06. The molecule has 6 heteroatoms. The Hall–Kier alpha value is -0.590. The second-order valence-corrected chi connectivity index (χ2v) is 6.44. The van der Waals surface area contributed by atoms with Crippen molar-refractivity contribution in [1.82, 2.24) is 10.3 Å². The molecule has 0 radical (unpaired) electrons. The summed E-state index contributed by atoms with van der Waals surface area (Å²) in [6.07, 6.45) is 2.33. The first-order chi connectivity index (χ1) is 8.69. The number of esters is 1. The third-order valence-electron chi connectivity index (χ3n) is 2.56. The summed E-state index contributed by atoms with van der Waals surface area (Å²) in [5.41, 5.74) is 1.03. The number of ether oxygens (including phenoxy) is 1. The summed E-state index contributed by atoms with van der Waals surface area (Å²) in [5.74, 6) is 0.535. The predicted molar refractivity (Wildman–Crippen MR) is 74.2 cm³/mol. The molecule has 1 heterocycles. The highest BCUT2D eigenvalue weighted by Crippen LogP contribution is 2.25. The van der Waals surface area contributed by atoms with Gasteiger partial charge >= 0.3 is 5.97 Å². The predicted octanol–water partition coefficient (Wildman–Crippen LogP) is 2.23. The Morgan fingerprint density at radius 1 is 1.72 bits per heavy atom. The Labute approximate surface area is 116 Å². The van der Waals surface area contributed by atoms with E-state index in [0.717, 1.165) is 22.9 Å². The Bertz CT molecular complexity index is 405. The normalized spacial score (nSPS) is 16.6. The molecule has 18 heavy (non-hydrogen) atoms. The molecule has 1 saturated carbocycles. The van der Waals surface area contributed by atoms with Crippen LogP contribution < -0.4 is 5.32 Å². The van der Waals surface area contributed by atoms with E-state index in [0.29, 0.717) is 18.4 Å². The summed E-state index contributed by atoms with van der Waals surface area (Å²) in [4.78, 5) is 16.2. The van der Waals surface area contributed by atoms with Gasteiger partial charge in [-0.25, -0.2) is 4.98 Å². The van der Waals surface area contributed by atoms with Crippen molar-refractivity contribution in [2.45, 2.75) is 43.1 Å². The van der Waals surface area contributed by atoms with E-state index in [1.165, 1.54) is 0 Å². The summed E-state index contributed by atoms with van der Waals surface area (Å²) in [7, 11) is 0. The number of aromatic nitrogens is 1. The van der Waals surface area contributed by atoms with Gasteiger partial charge in [0, 0.05) is 22.9 Å². The van der Waals surface area contributed by atoms with Gasteiger partial charge in [0.25, 0.3) is 0 Å². The number of aryl methyl sites for hydroxylation is 1. The first kappa shape index (κ1) is 13.8. The zero-order chi connectivity index (χ0) is 13.0. The van der Waals surface area contributed by atoms with Crippen LogP contribution in [0.3, 0.4) is 0 Å². The minimum absolute atomic E-state index is 0.148. The van der Waals surface area contributed by atoms with Crippen LogP contribution in [0.4, 0.5) is 0 Å². The highest BCUT2D eigenvalue weighted by molar-refractivity contribution is 8.01. The molecule has 1 aromatic heterocycles. The maximum atomic E-state index is 11.8. The van der Waals surface area contributed by atoms with E-state index >= 15 is 0 Å². The Kier molecular flexibility index (Phi) is 5.03. The molecule has 1 aromatic rings. The zero-order valence-corrected chi connectivity index (χ0v) is 12.3. The minimum Gasteiger partial charge on any atom is -0.465 e. The molecule has 1 atom stereocenters. The van der Waals surface area contributed by atoms with Crippen LogP contribution in [-0.2, 0) is 9.53 Å². The van der Waals surface area contributed by atoms with E-state index in [9.17, 15) is 4.79 Å². The van der Waals surface area contributed by atoms with Crippen molar-refractivity contribution in [2.24, 2.45) is 0 Å². The summed E-state index contributed by atoms with van der Waals surface area (Å²) in [5, 5.41) is 5.36. The molecule has 0 bridgehead atoms. The zero-order valence-electron chi connectivity index (χ0n) is 10.6. The lowest BCUT2D eigenvalue weighted by Crippen LogP contribution is -2.41. The van der Waals surface area contributed by atoms with Crippen LogP contribution in [0, 0.1) is 6.92 Å². The lowest BCUT2D eigenvalue weighted by atomic mass is 10.3. The molecule has 2 rings (SSSR count). The van der Waals surface area contributed by atoms with Crippen molar-refractivity contribution in [2.75, 3.05) is 12.4 Å². The fourth-order valence-electron chi connectivity index (χ4n) is 1.51. The molecule has 0 spiro atoms. The minimum atomic E-state index is -0.216. The Morgan fingerprint density at radius 3 is 3.06 bits per heavy atom. The molecule has 0 aromatic carbocycles. The van der Waals surface area contributed by atoms with Gasteiger partial charge in [-0.1, -0.05) is 11.8 Å². The Balaban J connectivity index is 1.85. The second-order valence-electron chi connectivity index (χ2n) is 4.31. The third-order valence-corrected chi connectivity index (χ3v) is 4.79. The van der Waals surface area contributed by atoms with Crippen LogP contribution in [0.5, 0.6) is 0 Å². The van der Waals surface area contributed by atoms with E-state index < -0.39 is 0 Å². The molecule has 0 saturated heterocycles. The standard InChI is InChI=1S/C12H18N2O2S2/c1-3-16-11(15)10(14-9-4-5-9)7-18-12-13-8(2)6-17-12/h6,9-10,14H,3-5,7H2,1-2H3. The van der Waals surface area contributed by atoms with Gasteiger partial charge in [-0.15, -0.1) is 11.3 Å². The van der Waals surface area contributed by atoms with Crippen LogP contribution in [-0.4, -0.2) is 35.4 Å². The monoisotopic (exact) mass is 286 g/mol. The van der Waals surface area contributed by atoms with Gasteiger partial charge in [-0.05, 0) is 26.7 Å². The second kappa shape index (κ2) is 6.54. The lowest BCUT2D eigenvalue weighted by molar-refractivity contribution is -0.145. The number of carbonyl (C=O) groups is 1. The maximum Gasteiger partial charge on any atom is 0.324 e. The van der Waals surface area contributed by atoms with E-state index in [4.69, 9.17) is 4.74 Å². The molecule has 0 aliphatic heterocycles. The van der Waals surface area contributed by atoms with E-state index in [1.54, 1.807) is 23.1 Å². The molecule has 1 fully saturated rings. The number of rotatable bonds is 7. The molecular formula is C12H18N2O2S2. The number of nitrogens with one attached hydrogen (secondary N) is 1. The van der Waals surface area contributed by atoms with Crippen molar-refractivity contribution in [3.8, 4) is 0 Å². The number of nitrogens with zero attached hydrogens (tertiary/aromatic N) is 1. The van der Waals surface area contributed by atoms with Gasteiger partial charge in [0.05, 0.1) is 6.61 Å². The molecule has 4 nitrogen and oxygen atoms in total. The molecule has 100 valence electrons. The Morgan fingerprint density at radius 2 is 2.50 bits per heavy atom. The van der Waals surface area contributed by atoms with Crippen molar-refractivity contribution in [1.29, 1.82) is 0 Å². The van der Waals surface area contributed by atoms with Gasteiger partial charge in [-0.2, -0.15) is 0 Å². The molecule has 1 unspecified atom stereocenters. The topological polar surface area (TPSA) is 51.2 Å². The fraction of sp³-hybridized carbons (Fsp3) is 0.667. The van der Waals surface area contributed by atoms with Crippen LogP contribution in [0.1, 0.15) is 25.5 Å². The quantitative estimate of drug-likeness (QED) is 0.615. The number of hydrogen-bond acceptors (Lipinski definition) is 6. The molecule has 0 amide bonds.